The van der Waals surface area contributed by atoms with Gasteiger partial charge in [-0.05, 0) is 29.7 Å². The number of rotatable bonds is 5. The molecule has 0 saturated carbocycles. The Balaban J connectivity index is 2.02. The summed E-state index contributed by atoms with van der Waals surface area (Å²) in [5.74, 6) is -0.0798. The molecule has 114 valence electrons. The minimum absolute atomic E-state index is 0.110. The van der Waals surface area contributed by atoms with Crippen molar-refractivity contribution >= 4 is 23.1 Å². The first-order valence-corrected chi connectivity index (χ1v) is 7.37. The van der Waals surface area contributed by atoms with Crippen LogP contribution in [-0.4, -0.2) is 5.78 Å². The molecule has 0 aliphatic rings. The van der Waals surface area contributed by atoms with Crippen LogP contribution in [0.15, 0.2) is 54.7 Å². The Morgan fingerprint density at radius 3 is 2.45 bits per heavy atom. The lowest BCUT2D eigenvalue weighted by Crippen LogP contribution is -1.97. The molecule has 2 rings (SSSR count). The predicted molar refractivity (Wildman–Crippen MR) is 89.0 cm³/mol. The van der Waals surface area contributed by atoms with E-state index in [4.69, 9.17) is 11.6 Å². The molecule has 22 heavy (non-hydrogen) atoms. The van der Waals surface area contributed by atoms with Gasteiger partial charge in [0.1, 0.15) is 5.82 Å². The van der Waals surface area contributed by atoms with E-state index in [1.165, 1.54) is 36.0 Å². The molecule has 0 fully saturated rings. The van der Waals surface area contributed by atoms with Gasteiger partial charge in [0, 0.05) is 17.8 Å². The van der Waals surface area contributed by atoms with Crippen molar-refractivity contribution in [2.24, 2.45) is 0 Å². The molecule has 0 saturated heterocycles. The van der Waals surface area contributed by atoms with Crippen LogP contribution in [0.3, 0.4) is 0 Å². The summed E-state index contributed by atoms with van der Waals surface area (Å²) in [5, 5.41) is 3.13. The molecule has 1 N–H and O–H groups in total. The molecule has 0 heterocycles. The molecule has 0 aromatic heterocycles. The summed E-state index contributed by atoms with van der Waals surface area (Å²) in [6.45, 7) is 4.21. The van der Waals surface area contributed by atoms with Gasteiger partial charge in [-0.1, -0.05) is 49.7 Å². The van der Waals surface area contributed by atoms with Crippen LogP contribution >= 0.6 is 11.6 Å². The second-order valence-corrected chi connectivity index (χ2v) is 5.65. The van der Waals surface area contributed by atoms with Gasteiger partial charge in [-0.3, -0.25) is 4.79 Å². The van der Waals surface area contributed by atoms with Crippen molar-refractivity contribution in [1.29, 1.82) is 0 Å². The summed E-state index contributed by atoms with van der Waals surface area (Å²) in [5.41, 5.74) is 2.35. The number of ketones is 1. The van der Waals surface area contributed by atoms with Crippen molar-refractivity contribution < 1.29 is 9.18 Å². The Morgan fingerprint density at radius 2 is 1.86 bits per heavy atom. The van der Waals surface area contributed by atoms with Gasteiger partial charge in [0.15, 0.2) is 5.78 Å². The molecule has 2 aromatic carbocycles. The van der Waals surface area contributed by atoms with Crippen molar-refractivity contribution in [2.45, 2.75) is 19.8 Å². The van der Waals surface area contributed by atoms with Gasteiger partial charge < -0.3 is 5.32 Å². The number of benzene rings is 2. The van der Waals surface area contributed by atoms with Crippen LogP contribution in [-0.2, 0) is 0 Å². The van der Waals surface area contributed by atoms with Gasteiger partial charge in [-0.2, -0.15) is 0 Å². The second kappa shape index (κ2) is 7.23. The molecule has 0 spiro atoms. The largest absolute Gasteiger partial charge is 0.360 e. The Bertz CT molecular complexity index is 693. The first-order chi connectivity index (χ1) is 10.5. The third kappa shape index (κ3) is 4.18. The quantitative estimate of drug-likeness (QED) is 0.590. The highest BCUT2D eigenvalue weighted by molar-refractivity contribution is 6.33. The number of carbonyl (C=O) groups excluding carboxylic acids is 1. The summed E-state index contributed by atoms with van der Waals surface area (Å²) in [4.78, 5) is 12.0. The topological polar surface area (TPSA) is 29.1 Å². The number of nitrogens with one attached hydrogen (secondary N) is 1. The van der Waals surface area contributed by atoms with E-state index in [2.05, 4.69) is 19.2 Å². The van der Waals surface area contributed by atoms with Gasteiger partial charge >= 0.3 is 0 Å². The van der Waals surface area contributed by atoms with E-state index in [9.17, 15) is 9.18 Å². The van der Waals surface area contributed by atoms with E-state index >= 15 is 0 Å². The van der Waals surface area contributed by atoms with Crippen LogP contribution in [0.25, 0.3) is 0 Å². The van der Waals surface area contributed by atoms with E-state index in [1.54, 1.807) is 0 Å². The van der Waals surface area contributed by atoms with Crippen LogP contribution < -0.4 is 5.32 Å². The standard InChI is InChI=1S/C18H17ClFNO/c1-12(2)13-3-5-14(6-4-13)18(22)9-10-21-17-8-7-15(20)11-16(17)19/h3-12,21H,1-2H3/b10-9+. The molecular weight excluding hydrogens is 301 g/mol. The number of hydrogen-bond donors (Lipinski definition) is 1. The zero-order chi connectivity index (χ0) is 16.1. The van der Waals surface area contributed by atoms with Gasteiger partial charge in [0.05, 0.1) is 10.7 Å². The minimum Gasteiger partial charge on any atom is -0.360 e. The fourth-order valence-electron chi connectivity index (χ4n) is 1.94. The van der Waals surface area contributed by atoms with Crippen LogP contribution in [0.1, 0.15) is 35.7 Å². The molecule has 0 unspecified atom stereocenters. The minimum atomic E-state index is -0.402. The summed E-state index contributed by atoms with van der Waals surface area (Å²) in [7, 11) is 0. The van der Waals surface area contributed by atoms with Crippen molar-refractivity contribution in [3.8, 4) is 0 Å². The van der Waals surface area contributed by atoms with Crippen molar-refractivity contribution in [3.05, 3.63) is 76.7 Å². The monoisotopic (exact) mass is 317 g/mol. The van der Waals surface area contributed by atoms with Crippen molar-refractivity contribution in [2.75, 3.05) is 5.32 Å². The fraction of sp³-hybridized carbons (Fsp3) is 0.167. The summed E-state index contributed by atoms with van der Waals surface area (Å²) in [6.07, 6.45) is 2.92. The second-order valence-electron chi connectivity index (χ2n) is 5.24. The lowest BCUT2D eigenvalue weighted by Gasteiger charge is -2.05. The zero-order valence-electron chi connectivity index (χ0n) is 12.4. The van der Waals surface area contributed by atoms with E-state index in [0.29, 0.717) is 17.2 Å². The molecule has 0 aliphatic carbocycles. The summed E-state index contributed by atoms with van der Waals surface area (Å²) in [6, 6.07) is 11.6. The maximum atomic E-state index is 12.9. The average Bonchev–Trinajstić information content (AvgIpc) is 2.49. The molecule has 0 aliphatic heterocycles. The van der Waals surface area contributed by atoms with Crippen molar-refractivity contribution in [1.82, 2.24) is 0 Å². The van der Waals surface area contributed by atoms with Gasteiger partial charge in [0.25, 0.3) is 0 Å². The van der Waals surface area contributed by atoms with Crippen LogP contribution in [0.2, 0.25) is 5.02 Å². The van der Waals surface area contributed by atoms with Gasteiger partial charge in [0.2, 0.25) is 0 Å². The van der Waals surface area contributed by atoms with E-state index in [1.807, 2.05) is 24.3 Å². The normalized spacial score (nSPS) is 11.1. The summed E-state index contributed by atoms with van der Waals surface area (Å²) < 4.78 is 12.9. The molecule has 0 radical (unpaired) electrons. The third-order valence-corrected chi connectivity index (χ3v) is 3.58. The van der Waals surface area contributed by atoms with Crippen LogP contribution in [0.4, 0.5) is 10.1 Å². The summed E-state index contributed by atoms with van der Waals surface area (Å²) >= 11 is 5.89. The van der Waals surface area contributed by atoms with Gasteiger partial charge in [-0.15, -0.1) is 0 Å². The highest BCUT2D eigenvalue weighted by Gasteiger charge is 2.04. The zero-order valence-corrected chi connectivity index (χ0v) is 13.2. The van der Waals surface area contributed by atoms with Crippen LogP contribution in [0, 0.1) is 5.82 Å². The first kappa shape index (κ1) is 16.2. The smallest absolute Gasteiger partial charge is 0.187 e. The number of allylic oxidation sites excluding steroid dienone is 1. The molecule has 2 aromatic rings. The van der Waals surface area contributed by atoms with E-state index in [-0.39, 0.29) is 10.8 Å². The number of halogens is 2. The van der Waals surface area contributed by atoms with E-state index in [0.717, 1.165) is 0 Å². The highest BCUT2D eigenvalue weighted by atomic mass is 35.5. The molecule has 0 atom stereocenters. The Labute approximate surface area is 134 Å². The van der Waals surface area contributed by atoms with Crippen LogP contribution in [0.5, 0.6) is 0 Å². The molecular formula is C18H17ClFNO. The van der Waals surface area contributed by atoms with Crippen molar-refractivity contribution in [3.63, 3.8) is 0 Å². The molecule has 4 heteroatoms. The fourth-order valence-corrected chi connectivity index (χ4v) is 2.16. The molecule has 0 amide bonds. The predicted octanol–water partition coefficient (Wildman–Crippen LogP) is 5.41. The lowest BCUT2D eigenvalue weighted by molar-refractivity contribution is 0.104. The third-order valence-electron chi connectivity index (χ3n) is 3.27. The number of carbonyl (C=O) groups is 1. The molecule has 0 bridgehead atoms. The maximum Gasteiger partial charge on any atom is 0.187 e. The Kier molecular flexibility index (Phi) is 5.34. The lowest BCUT2D eigenvalue weighted by atomic mass is 10.0. The number of anilines is 1. The first-order valence-electron chi connectivity index (χ1n) is 7.00. The molecule has 2 nitrogen and oxygen atoms in total. The SMILES string of the molecule is CC(C)c1ccc(C(=O)/C=C/Nc2ccc(F)cc2Cl)cc1. The Morgan fingerprint density at radius 1 is 1.18 bits per heavy atom. The van der Waals surface area contributed by atoms with Gasteiger partial charge in [-0.25, -0.2) is 4.39 Å². The van der Waals surface area contributed by atoms with E-state index < -0.39 is 5.82 Å². The average molecular weight is 318 g/mol. The Hall–Kier alpha value is -2.13. The highest BCUT2D eigenvalue weighted by Crippen LogP contribution is 2.22. The number of hydrogen-bond acceptors (Lipinski definition) is 2. The maximum absolute atomic E-state index is 12.9.